The number of carbonyl (C=O) groups excluding carboxylic acids is 1. The molecule has 0 aliphatic rings. The van der Waals surface area contributed by atoms with Crippen LogP contribution in [0.4, 0.5) is 13.2 Å². The summed E-state index contributed by atoms with van der Waals surface area (Å²) in [5, 5.41) is 0. The van der Waals surface area contributed by atoms with Crippen LogP contribution in [0.5, 0.6) is 0 Å². The van der Waals surface area contributed by atoms with E-state index in [1.165, 1.54) is 4.90 Å². The van der Waals surface area contributed by atoms with Crippen LogP contribution < -0.4 is 0 Å². The van der Waals surface area contributed by atoms with Crippen LogP contribution in [-0.4, -0.2) is 22.8 Å². The average molecular weight is 322 g/mol. The Labute approximate surface area is 132 Å². The van der Waals surface area contributed by atoms with Crippen LogP contribution in [0.2, 0.25) is 0 Å². The summed E-state index contributed by atoms with van der Waals surface area (Å²) in [7, 11) is 1.62. The third kappa shape index (κ3) is 3.88. The van der Waals surface area contributed by atoms with Crippen LogP contribution in [0.1, 0.15) is 40.1 Å². The van der Waals surface area contributed by atoms with Crippen molar-refractivity contribution in [1.82, 2.24) is 9.88 Å². The van der Waals surface area contributed by atoms with E-state index in [4.69, 9.17) is 0 Å². The third-order valence-electron chi connectivity index (χ3n) is 3.76. The van der Waals surface area contributed by atoms with E-state index in [1.807, 2.05) is 38.1 Å². The van der Waals surface area contributed by atoms with Crippen molar-refractivity contribution in [2.24, 2.45) is 0 Å². The monoisotopic (exact) mass is 322 g/mol. The topological polar surface area (TPSA) is 33.2 Å². The van der Waals surface area contributed by atoms with Gasteiger partial charge in [-0.3, -0.25) is 9.78 Å². The number of rotatable bonds is 3. The molecule has 0 saturated carbocycles. The summed E-state index contributed by atoms with van der Waals surface area (Å²) < 4.78 is 37.5. The maximum atomic E-state index is 12.5. The molecule has 1 aromatic heterocycles. The van der Waals surface area contributed by atoms with Gasteiger partial charge in [0.25, 0.3) is 5.91 Å². The average Bonchev–Trinajstić information content (AvgIpc) is 2.53. The lowest BCUT2D eigenvalue weighted by Gasteiger charge is -2.25. The molecule has 6 heteroatoms. The van der Waals surface area contributed by atoms with Crippen molar-refractivity contribution in [2.75, 3.05) is 7.05 Å². The zero-order valence-electron chi connectivity index (χ0n) is 13.1. The molecule has 0 fully saturated rings. The highest BCUT2D eigenvalue weighted by Gasteiger charge is 2.32. The van der Waals surface area contributed by atoms with E-state index < -0.39 is 11.9 Å². The number of halogens is 3. The maximum Gasteiger partial charge on any atom is 0.433 e. The first kappa shape index (κ1) is 17.0. The van der Waals surface area contributed by atoms with E-state index in [0.717, 1.165) is 29.5 Å². The van der Waals surface area contributed by atoms with Gasteiger partial charge in [0.2, 0.25) is 0 Å². The van der Waals surface area contributed by atoms with E-state index in [9.17, 15) is 18.0 Å². The van der Waals surface area contributed by atoms with Crippen molar-refractivity contribution >= 4 is 5.91 Å². The van der Waals surface area contributed by atoms with Gasteiger partial charge >= 0.3 is 6.18 Å². The molecule has 1 amide bonds. The zero-order valence-corrected chi connectivity index (χ0v) is 13.1. The Morgan fingerprint density at radius 2 is 1.74 bits per heavy atom. The molecule has 3 nitrogen and oxygen atoms in total. The first-order chi connectivity index (χ1) is 10.7. The SMILES string of the molecule is Cc1ccc(C(C)N(C)C(=O)c2ccc(C(F)(F)F)nc2)cc1. The minimum Gasteiger partial charge on any atom is -0.335 e. The Morgan fingerprint density at radius 3 is 2.22 bits per heavy atom. The van der Waals surface area contributed by atoms with Gasteiger partial charge in [-0.15, -0.1) is 0 Å². The van der Waals surface area contributed by atoms with Crippen molar-refractivity contribution < 1.29 is 18.0 Å². The van der Waals surface area contributed by atoms with Gasteiger partial charge in [-0.05, 0) is 31.5 Å². The van der Waals surface area contributed by atoms with Crippen molar-refractivity contribution in [2.45, 2.75) is 26.1 Å². The Morgan fingerprint density at radius 1 is 1.13 bits per heavy atom. The highest BCUT2D eigenvalue weighted by Crippen LogP contribution is 2.27. The van der Waals surface area contributed by atoms with Gasteiger partial charge in [-0.1, -0.05) is 29.8 Å². The highest BCUT2D eigenvalue weighted by molar-refractivity contribution is 5.94. The summed E-state index contributed by atoms with van der Waals surface area (Å²) in [5.41, 5.74) is 1.18. The van der Waals surface area contributed by atoms with Gasteiger partial charge < -0.3 is 4.90 Å². The number of pyridine rings is 1. The van der Waals surface area contributed by atoms with Crippen molar-refractivity contribution in [1.29, 1.82) is 0 Å². The van der Waals surface area contributed by atoms with Crippen LogP contribution in [-0.2, 0) is 6.18 Å². The van der Waals surface area contributed by atoms with E-state index >= 15 is 0 Å². The minimum atomic E-state index is -4.51. The highest BCUT2D eigenvalue weighted by atomic mass is 19.4. The number of hydrogen-bond acceptors (Lipinski definition) is 2. The number of alkyl halides is 3. The fraction of sp³-hybridized carbons (Fsp3) is 0.294. The fourth-order valence-corrected chi connectivity index (χ4v) is 2.14. The summed E-state index contributed by atoms with van der Waals surface area (Å²) in [6, 6.07) is 9.51. The second-order valence-corrected chi connectivity index (χ2v) is 5.43. The molecule has 0 saturated heterocycles. The number of amides is 1. The van der Waals surface area contributed by atoms with Gasteiger partial charge in [-0.25, -0.2) is 0 Å². The van der Waals surface area contributed by atoms with Gasteiger partial charge in [0.15, 0.2) is 0 Å². The molecule has 0 aliphatic carbocycles. The van der Waals surface area contributed by atoms with E-state index in [2.05, 4.69) is 4.98 Å². The number of aryl methyl sites for hydroxylation is 1. The number of carbonyl (C=O) groups is 1. The van der Waals surface area contributed by atoms with Crippen LogP contribution in [0.15, 0.2) is 42.6 Å². The van der Waals surface area contributed by atoms with Gasteiger partial charge in [-0.2, -0.15) is 13.2 Å². The number of aromatic nitrogens is 1. The van der Waals surface area contributed by atoms with E-state index in [0.29, 0.717) is 0 Å². The normalized spacial score (nSPS) is 12.8. The lowest BCUT2D eigenvalue weighted by molar-refractivity contribution is -0.141. The van der Waals surface area contributed by atoms with Crippen molar-refractivity contribution in [3.63, 3.8) is 0 Å². The molecule has 122 valence electrons. The molecule has 1 heterocycles. The minimum absolute atomic E-state index is 0.125. The molecule has 0 N–H and O–H groups in total. The molecular weight excluding hydrogens is 305 g/mol. The molecule has 2 aromatic rings. The molecule has 0 radical (unpaired) electrons. The molecule has 2 rings (SSSR count). The van der Waals surface area contributed by atoms with Crippen LogP contribution >= 0.6 is 0 Å². The smallest absolute Gasteiger partial charge is 0.335 e. The summed E-state index contributed by atoms with van der Waals surface area (Å²) in [4.78, 5) is 17.2. The van der Waals surface area contributed by atoms with Crippen LogP contribution in [0.25, 0.3) is 0 Å². The lowest BCUT2D eigenvalue weighted by Crippen LogP contribution is -2.29. The number of nitrogens with zero attached hydrogens (tertiary/aromatic N) is 2. The number of hydrogen-bond donors (Lipinski definition) is 0. The standard InChI is InChI=1S/C17H17F3N2O/c1-11-4-6-13(7-5-11)12(2)22(3)16(23)14-8-9-15(21-10-14)17(18,19)20/h4-10,12H,1-3H3. The summed E-state index contributed by atoms with van der Waals surface area (Å²) in [6.07, 6.45) is -3.55. The first-order valence-corrected chi connectivity index (χ1v) is 7.07. The molecule has 1 unspecified atom stereocenters. The molecule has 0 aliphatic heterocycles. The Kier molecular flexibility index (Phi) is 4.73. The summed E-state index contributed by atoms with van der Waals surface area (Å²) in [6.45, 7) is 3.83. The molecule has 0 bridgehead atoms. The third-order valence-corrected chi connectivity index (χ3v) is 3.76. The van der Waals surface area contributed by atoms with Gasteiger partial charge in [0.1, 0.15) is 5.69 Å². The maximum absolute atomic E-state index is 12.5. The molecule has 0 spiro atoms. The van der Waals surface area contributed by atoms with E-state index in [1.54, 1.807) is 7.05 Å². The first-order valence-electron chi connectivity index (χ1n) is 7.07. The Balaban J connectivity index is 2.17. The second-order valence-electron chi connectivity index (χ2n) is 5.43. The number of benzene rings is 1. The van der Waals surface area contributed by atoms with Gasteiger partial charge in [0, 0.05) is 13.2 Å². The Hall–Kier alpha value is -2.37. The van der Waals surface area contributed by atoms with E-state index in [-0.39, 0.29) is 17.5 Å². The molecular formula is C17H17F3N2O. The molecule has 1 atom stereocenters. The predicted molar refractivity (Wildman–Crippen MR) is 80.9 cm³/mol. The quantitative estimate of drug-likeness (QED) is 0.847. The van der Waals surface area contributed by atoms with Crippen LogP contribution in [0.3, 0.4) is 0 Å². The lowest BCUT2D eigenvalue weighted by atomic mass is 10.0. The summed E-state index contributed by atoms with van der Waals surface area (Å²) in [5.74, 6) is -0.376. The Bertz CT molecular complexity index is 678. The predicted octanol–water partition coefficient (Wildman–Crippen LogP) is 4.24. The van der Waals surface area contributed by atoms with Crippen molar-refractivity contribution in [3.8, 4) is 0 Å². The molecule has 23 heavy (non-hydrogen) atoms. The zero-order chi connectivity index (χ0) is 17.2. The van der Waals surface area contributed by atoms with Crippen molar-refractivity contribution in [3.05, 3.63) is 65.0 Å². The second kappa shape index (κ2) is 6.40. The fourth-order valence-electron chi connectivity index (χ4n) is 2.14. The van der Waals surface area contributed by atoms with Gasteiger partial charge in [0.05, 0.1) is 11.6 Å². The largest absolute Gasteiger partial charge is 0.433 e. The van der Waals surface area contributed by atoms with Crippen LogP contribution in [0, 0.1) is 6.92 Å². The summed E-state index contributed by atoms with van der Waals surface area (Å²) >= 11 is 0. The molecule has 1 aromatic carbocycles.